The van der Waals surface area contributed by atoms with Crippen molar-refractivity contribution in [2.24, 2.45) is 0 Å². The third-order valence-electron chi connectivity index (χ3n) is 3.97. The zero-order chi connectivity index (χ0) is 15.9. The number of halogens is 1. The first-order chi connectivity index (χ1) is 10.5. The molecule has 1 unspecified atom stereocenters. The summed E-state index contributed by atoms with van der Waals surface area (Å²) < 4.78 is 14.2. The van der Waals surface area contributed by atoms with E-state index in [2.05, 4.69) is 10.3 Å². The topological polar surface area (TPSA) is 79.3 Å². The van der Waals surface area contributed by atoms with Crippen LogP contribution in [0.3, 0.4) is 0 Å². The van der Waals surface area contributed by atoms with Gasteiger partial charge in [-0.2, -0.15) is 0 Å². The molecular formula is C16H15FN2O3. The van der Waals surface area contributed by atoms with Gasteiger partial charge < -0.3 is 5.11 Å². The zero-order valence-electron chi connectivity index (χ0n) is 12.0. The first-order valence-electron chi connectivity index (χ1n) is 7.04. The van der Waals surface area contributed by atoms with Crippen molar-refractivity contribution in [1.29, 1.82) is 0 Å². The number of amides is 2. The van der Waals surface area contributed by atoms with Crippen molar-refractivity contribution in [2.45, 2.75) is 32.3 Å². The standard InChI is InChI=1S/C16H15FN2O3/c1-8-11(10-2-3-15(21)19-16(10)22)6-12-13(17)4-9(7-20)5-14(12)18-8/h4-6,10,20H,2-3,7H2,1H3,(H,19,21,22). The van der Waals surface area contributed by atoms with E-state index in [1.54, 1.807) is 19.1 Å². The van der Waals surface area contributed by atoms with E-state index < -0.39 is 11.7 Å². The van der Waals surface area contributed by atoms with Crippen LogP contribution in [0.2, 0.25) is 0 Å². The quantitative estimate of drug-likeness (QED) is 0.828. The number of benzene rings is 1. The van der Waals surface area contributed by atoms with E-state index in [1.807, 2.05) is 0 Å². The number of nitrogens with one attached hydrogen (secondary N) is 1. The van der Waals surface area contributed by atoms with Crippen LogP contribution in [-0.2, 0) is 16.2 Å². The molecule has 6 heteroatoms. The summed E-state index contributed by atoms with van der Waals surface area (Å²) in [6, 6.07) is 4.50. The van der Waals surface area contributed by atoms with Gasteiger partial charge in [-0.05, 0) is 42.7 Å². The zero-order valence-corrected chi connectivity index (χ0v) is 12.0. The molecule has 2 amide bonds. The number of aryl methyl sites for hydroxylation is 1. The second-order valence-electron chi connectivity index (χ2n) is 5.47. The maximum absolute atomic E-state index is 14.2. The molecule has 0 radical (unpaired) electrons. The van der Waals surface area contributed by atoms with Crippen LogP contribution in [0.15, 0.2) is 18.2 Å². The van der Waals surface area contributed by atoms with Gasteiger partial charge in [0.25, 0.3) is 0 Å². The molecule has 1 aromatic heterocycles. The number of hydrogen-bond acceptors (Lipinski definition) is 4. The minimum atomic E-state index is -0.494. The van der Waals surface area contributed by atoms with E-state index in [9.17, 15) is 14.0 Å². The van der Waals surface area contributed by atoms with Gasteiger partial charge in [-0.3, -0.25) is 19.9 Å². The lowest BCUT2D eigenvalue weighted by Gasteiger charge is -2.22. The molecule has 0 bridgehead atoms. The summed E-state index contributed by atoms with van der Waals surface area (Å²) in [6.45, 7) is 1.49. The van der Waals surface area contributed by atoms with E-state index in [0.717, 1.165) is 0 Å². The third kappa shape index (κ3) is 2.46. The van der Waals surface area contributed by atoms with Crippen molar-refractivity contribution < 1.29 is 19.1 Å². The van der Waals surface area contributed by atoms with E-state index in [4.69, 9.17) is 5.11 Å². The molecule has 2 aromatic rings. The minimum absolute atomic E-state index is 0.261. The fourth-order valence-corrected chi connectivity index (χ4v) is 2.83. The number of imide groups is 1. The highest BCUT2D eigenvalue weighted by molar-refractivity contribution is 6.01. The van der Waals surface area contributed by atoms with Gasteiger partial charge in [0, 0.05) is 17.5 Å². The Morgan fingerprint density at radius 2 is 2.14 bits per heavy atom. The molecule has 2 heterocycles. The van der Waals surface area contributed by atoms with Gasteiger partial charge in [-0.25, -0.2) is 4.39 Å². The molecule has 5 nitrogen and oxygen atoms in total. The van der Waals surface area contributed by atoms with Gasteiger partial charge in [0.1, 0.15) is 5.82 Å². The monoisotopic (exact) mass is 302 g/mol. The average molecular weight is 302 g/mol. The number of carbonyl (C=O) groups is 2. The number of rotatable bonds is 2. The molecule has 1 aliphatic heterocycles. The van der Waals surface area contributed by atoms with Crippen molar-refractivity contribution in [3.63, 3.8) is 0 Å². The van der Waals surface area contributed by atoms with Crippen LogP contribution < -0.4 is 5.32 Å². The number of hydrogen-bond donors (Lipinski definition) is 2. The van der Waals surface area contributed by atoms with Gasteiger partial charge in [-0.15, -0.1) is 0 Å². The summed E-state index contributed by atoms with van der Waals surface area (Å²) in [7, 11) is 0. The molecule has 0 saturated carbocycles. The normalized spacial score (nSPS) is 18.6. The van der Waals surface area contributed by atoms with Crippen LogP contribution in [-0.4, -0.2) is 21.9 Å². The number of piperidine rings is 1. The average Bonchev–Trinajstić information content (AvgIpc) is 2.47. The summed E-state index contributed by atoms with van der Waals surface area (Å²) in [5.41, 5.74) is 2.15. The van der Waals surface area contributed by atoms with Gasteiger partial charge in [-0.1, -0.05) is 0 Å². The third-order valence-corrected chi connectivity index (χ3v) is 3.97. The fourth-order valence-electron chi connectivity index (χ4n) is 2.83. The predicted octanol–water partition coefficient (Wildman–Crippen LogP) is 1.69. The van der Waals surface area contributed by atoms with E-state index >= 15 is 0 Å². The van der Waals surface area contributed by atoms with Crippen LogP contribution >= 0.6 is 0 Å². The molecule has 114 valence electrons. The Kier molecular flexibility index (Phi) is 3.62. The lowest BCUT2D eigenvalue weighted by molar-refractivity contribution is -0.134. The summed E-state index contributed by atoms with van der Waals surface area (Å²) in [4.78, 5) is 27.6. The number of carbonyl (C=O) groups excluding carboxylic acids is 2. The molecule has 1 fully saturated rings. The Hall–Kier alpha value is -2.34. The highest BCUT2D eigenvalue weighted by atomic mass is 19.1. The molecule has 1 aliphatic rings. The summed E-state index contributed by atoms with van der Waals surface area (Å²) in [5.74, 6) is -1.63. The Morgan fingerprint density at radius 3 is 2.82 bits per heavy atom. The highest BCUT2D eigenvalue weighted by Gasteiger charge is 2.29. The summed E-state index contributed by atoms with van der Waals surface area (Å²) in [5, 5.41) is 11.7. The fraction of sp³-hybridized carbons (Fsp3) is 0.312. The molecule has 1 aromatic carbocycles. The lowest BCUT2D eigenvalue weighted by atomic mass is 9.88. The first kappa shape index (κ1) is 14.6. The molecule has 2 N–H and O–H groups in total. The number of fused-ring (bicyclic) bond motifs is 1. The van der Waals surface area contributed by atoms with Crippen LogP contribution in [0.1, 0.15) is 35.6 Å². The second-order valence-corrected chi connectivity index (χ2v) is 5.47. The van der Waals surface area contributed by atoms with Gasteiger partial charge in [0.15, 0.2) is 0 Å². The number of nitrogens with zero attached hydrogens (tertiary/aromatic N) is 1. The molecule has 22 heavy (non-hydrogen) atoms. The smallest absolute Gasteiger partial charge is 0.234 e. The van der Waals surface area contributed by atoms with Crippen molar-refractivity contribution >= 4 is 22.7 Å². The summed E-state index contributed by atoms with van der Waals surface area (Å²) >= 11 is 0. The van der Waals surface area contributed by atoms with Gasteiger partial charge in [0.2, 0.25) is 11.8 Å². The first-order valence-corrected chi connectivity index (χ1v) is 7.04. The Labute approximate surface area is 126 Å². The molecular weight excluding hydrogens is 287 g/mol. The van der Waals surface area contributed by atoms with Gasteiger partial charge >= 0.3 is 0 Å². The Balaban J connectivity index is 2.11. The minimum Gasteiger partial charge on any atom is -0.392 e. The Bertz CT molecular complexity index is 789. The second kappa shape index (κ2) is 5.46. The van der Waals surface area contributed by atoms with Crippen molar-refractivity contribution in [1.82, 2.24) is 10.3 Å². The Morgan fingerprint density at radius 1 is 1.36 bits per heavy atom. The summed E-state index contributed by atoms with van der Waals surface area (Å²) in [6.07, 6.45) is 0.662. The molecule has 3 rings (SSSR count). The van der Waals surface area contributed by atoms with Crippen LogP contribution in [0.25, 0.3) is 10.9 Å². The maximum Gasteiger partial charge on any atom is 0.234 e. The SMILES string of the molecule is Cc1nc2cc(CO)cc(F)c2cc1C1CCC(=O)NC1=O. The van der Waals surface area contributed by atoms with E-state index in [1.165, 1.54) is 6.07 Å². The van der Waals surface area contributed by atoms with E-state index in [0.29, 0.717) is 34.1 Å². The molecule has 0 spiro atoms. The number of aliphatic hydroxyl groups excluding tert-OH is 1. The lowest BCUT2D eigenvalue weighted by Crippen LogP contribution is -2.39. The largest absolute Gasteiger partial charge is 0.392 e. The maximum atomic E-state index is 14.2. The predicted molar refractivity (Wildman–Crippen MR) is 77.5 cm³/mol. The number of pyridine rings is 1. The van der Waals surface area contributed by atoms with Crippen molar-refractivity contribution in [3.05, 3.63) is 40.8 Å². The molecule has 1 saturated heterocycles. The van der Waals surface area contributed by atoms with Crippen LogP contribution in [0, 0.1) is 12.7 Å². The van der Waals surface area contributed by atoms with Crippen LogP contribution in [0.5, 0.6) is 0 Å². The molecule has 0 aliphatic carbocycles. The number of aromatic nitrogens is 1. The molecule has 1 atom stereocenters. The van der Waals surface area contributed by atoms with Crippen molar-refractivity contribution in [2.75, 3.05) is 0 Å². The van der Waals surface area contributed by atoms with E-state index in [-0.39, 0.29) is 24.8 Å². The van der Waals surface area contributed by atoms with Crippen LogP contribution in [0.4, 0.5) is 4.39 Å². The highest BCUT2D eigenvalue weighted by Crippen LogP contribution is 2.30. The number of aliphatic hydroxyl groups is 1. The van der Waals surface area contributed by atoms with Gasteiger partial charge in [0.05, 0.1) is 18.0 Å². The van der Waals surface area contributed by atoms with Crippen molar-refractivity contribution in [3.8, 4) is 0 Å².